The minimum Gasteiger partial charge on any atom is -0.362 e. The molecule has 0 radical (unpaired) electrons. The zero-order valence-electron chi connectivity index (χ0n) is 10.2. The van der Waals surface area contributed by atoms with E-state index in [9.17, 15) is 10.1 Å². The Morgan fingerprint density at radius 1 is 1.39 bits per heavy atom. The molecule has 7 heteroatoms. The third-order valence-electron chi connectivity index (χ3n) is 3.19. The van der Waals surface area contributed by atoms with E-state index in [0.29, 0.717) is 10.2 Å². The van der Waals surface area contributed by atoms with Gasteiger partial charge < -0.3 is 9.80 Å². The van der Waals surface area contributed by atoms with Gasteiger partial charge in [-0.15, -0.1) is 0 Å². The maximum Gasteiger partial charge on any atom is 0.311 e. The number of halogens is 1. The summed E-state index contributed by atoms with van der Waals surface area (Å²) in [4.78, 5) is 18.9. The van der Waals surface area contributed by atoms with Crippen molar-refractivity contribution < 1.29 is 4.92 Å². The Kier molecular flexibility index (Phi) is 4.13. The van der Waals surface area contributed by atoms with Crippen LogP contribution in [0.1, 0.15) is 6.92 Å². The number of hydrogen-bond acceptors (Lipinski definition) is 5. The highest BCUT2D eigenvalue weighted by Crippen LogP contribution is 2.35. The van der Waals surface area contributed by atoms with Gasteiger partial charge in [0.25, 0.3) is 0 Å². The Bertz CT molecular complexity index is 447. The lowest BCUT2D eigenvalue weighted by atomic mass is 10.2. The van der Waals surface area contributed by atoms with Gasteiger partial charge in [0, 0.05) is 32.4 Å². The smallest absolute Gasteiger partial charge is 0.311 e. The van der Waals surface area contributed by atoms with Gasteiger partial charge in [-0.1, -0.05) is 6.92 Å². The number of anilines is 1. The average Bonchev–Trinajstić information content (AvgIpc) is 2.38. The van der Waals surface area contributed by atoms with Gasteiger partial charge >= 0.3 is 5.69 Å². The molecule has 0 saturated carbocycles. The van der Waals surface area contributed by atoms with Crippen LogP contribution in [-0.2, 0) is 0 Å². The van der Waals surface area contributed by atoms with Gasteiger partial charge in [0.2, 0.25) is 0 Å². The molecule has 98 valence electrons. The molecule has 1 aromatic heterocycles. The van der Waals surface area contributed by atoms with Crippen molar-refractivity contribution in [1.29, 1.82) is 0 Å². The van der Waals surface area contributed by atoms with Crippen molar-refractivity contribution in [3.05, 3.63) is 27.0 Å². The molecule has 18 heavy (non-hydrogen) atoms. The number of aromatic nitrogens is 1. The molecule has 1 aliphatic heterocycles. The van der Waals surface area contributed by atoms with Crippen LogP contribution in [0.5, 0.6) is 0 Å². The van der Waals surface area contributed by atoms with Gasteiger partial charge in [-0.2, -0.15) is 0 Å². The zero-order chi connectivity index (χ0) is 13.1. The van der Waals surface area contributed by atoms with Crippen molar-refractivity contribution in [3.8, 4) is 0 Å². The van der Waals surface area contributed by atoms with Crippen molar-refractivity contribution in [2.45, 2.75) is 6.92 Å². The summed E-state index contributed by atoms with van der Waals surface area (Å²) in [5, 5.41) is 11.0. The van der Waals surface area contributed by atoms with E-state index in [1.165, 1.54) is 6.20 Å². The van der Waals surface area contributed by atoms with Crippen molar-refractivity contribution in [3.63, 3.8) is 0 Å². The molecule has 0 aliphatic carbocycles. The normalized spacial score (nSPS) is 16.9. The highest BCUT2D eigenvalue weighted by molar-refractivity contribution is 9.10. The highest BCUT2D eigenvalue weighted by Gasteiger charge is 2.25. The fraction of sp³-hybridized carbons (Fsp3) is 0.545. The lowest BCUT2D eigenvalue weighted by Crippen LogP contribution is -2.46. The number of piperazine rings is 1. The van der Waals surface area contributed by atoms with Gasteiger partial charge in [0.15, 0.2) is 0 Å². The second-order valence-corrected chi connectivity index (χ2v) is 5.02. The number of nitrogens with zero attached hydrogens (tertiary/aromatic N) is 4. The van der Waals surface area contributed by atoms with Gasteiger partial charge in [0.1, 0.15) is 11.9 Å². The maximum atomic E-state index is 11.0. The lowest BCUT2D eigenvalue weighted by molar-refractivity contribution is -0.384. The Labute approximate surface area is 114 Å². The van der Waals surface area contributed by atoms with Gasteiger partial charge in [0.05, 0.1) is 9.40 Å². The summed E-state index contributed by atoms with van der Waals surface area (Å²) in [6, 6.07) is 0. The van der Waals surface area contributed by atoms with E-state index in [-0.39, 0.29) is 10.6 Å². The molecule has 0 bridgehead atoms. The van der Waals surface area contributed by atoms with E-state index >= 15 is 0 Å². The molecule has 0 aromatic carbocycles. The topological polar surface area (TPSA) is 62.5 Å². The molecule has 0 N–H and O–H groups in total. The van der Waals surface area contributed by atoms with Crippen LogP contribution in [0.4, 0.5) is 11.4 Å². The van der Waals surface area contributed by atoms with Crippen molar-refractivity contribution in [2.75, 3.05) is 37.6 Å². The van der Waals surface area contributed by atoms with E-state index < -0.39 is 0 Å². The number of pyridine rings is 1. The predicted octanol–water partition coefficient (Wildman–Crippen LogP) is 1.89. The summed E-state index contributed by atoms with van der Waals surface area (Å²) >= 11 is 3.36. The molecular formula is C11H15BrN4O2. The van der Waals surface area contributed by atoms with Crippen LogP contribution >= 0.6 is 15.9 Å². The van der Waals surface area contributed by atoms with Crippen LogP contribution in [-0.4, -0.2) is 47.5 Å². The SMILES string of the molecule is CCN1CCN(c2c(Br)cncc2[N+](=O)[O-])CC1. The van der Waals surface area contributed by atoms with Crippen LogP contribution in [0.2, 0.25) is 0 Å². The number of nitro groups is 1. The Balaban J connectivity index is 2.26. The molecule has 1 aromatic rings. The first-order valence-corrected chi connectivity index (χ1v) is 6.68. The number of likely N-dealkylation sites (N-methyl/N-ethyl adjacent to an activating group) is 1. The van der Waals surface area contributed by atoms with Crippen molar-refractivity contribution >= 4 is 27.3 Å². The molecule has 0 spiro atoms. The van der Waals surface area contributed by atoms with Crippen LogP contribution in [0.25, 0.3) is 0 Å². The molecular weight excluding hydrogens is 300 g/mol. The summed E-state index contributed by atoms with van der Waals surface area (Å²) in [7, 11) is 0. The molecule has 2 rings (SSSR count). The average molecular weight is 315 g/mol. The molecule has 1 fully saturated rings. The third kappa shape index (κ3) is 2.62. The van der Waals surface area contributed by atoms with Crippen molar-refractivity contribution in [1.82, 2.24) is 9.88 Å². The Morgan fingerprint density at radius 2 is 2.06 bits per heavy atom. The molecule has 1 aliphatic rings. The summed E-state index contributed by atoms with van der Waals surface area (Å²) < 4.78 is 0.682. The van der Waals surface area contributed by atoms with Crippen LogP contribution in [0.3, 0.4) is 0 Å². The second-order valence-electron chi connectivity index (χ2n) is 4.17. The zero-order valence-corrected chi connectivity index (χ0v) is 11.8. The second kappa shape index (κ2) is 5.62. The predicted molar refractivity (Wildman–Crippen MR) is 72.9 cm³/mol. The first-order valence-electron chi connectivity index (χ1n) is 5.88. The number of hydrogen-bond donors (Lipinski definition) is 0. The summed E-state index contributed by atoms with van der Waals surface area (Å²) in [5.41, 5.74) is 0.708. The highest BCUT2D eigenvalue weighted by atomic mass is 79.9. The third-order valence-corrected chi connectivity index (χ3v) is 3.77. The Morgan fingerprint density at radius 3 is 2.61 bits per heavy atom. The first-order chi connectivity index (χ1) is 8.63. The van der Waals surface area contributed by atoms with Crippen LogP contribution < -0.4 is 4.90 Å². The summed E-state index contributed by atoms with van der Waals surface area (Å²) in [6.07, 6.45) is 2.92. The minimum atomic E-state index is -0.376. The maximum absolute atomic E-state index is 11.0. The molecule has 0 unspecified atom stereocenters. The summed E-state index contributed by atoms with van der Waals surface area (Å²) in [5.74, 6) is 0. The van der Waals surface area contributed by atoms with Crippen molar-refractivity contribution in [2.24, 2.45) is 0 Å². The fourth-order valence-electron chi connectivity index (χ4n) is 2.15. The van der Waals surface area contributed by atoms with E-state index in [4.69, 9.17) is 0 Å². The largest absolute Gasteiger partial charge is 0.362 e. The summed E-state index contributed by atoms with van der Waals surface area (Å²) in [6.45, 7) is 6.62. The van der Waals surface area contributed by atoms with E-state index in [1.807, 2.05) is 0 Å². The quantitative estimate of drug-likeness (QED) is 0.630. The Hall–Kier alpha value is -1.21. The molecule has 1 saturated heterocycles. The molecule has 6 nitrogen and oxygen atoms in total. The van der Waals surface area contributed by atoms with E-state index in [1.54, 1.807) is 6.20 Å². The van der Waals surface area contributed by atoms with Gasteiger partial charge in [-0.3, -0.25) is 15.1 Å². The van der Waals surface area contributed by atoms with E-state index in [2.05, 4.69) is 37.6 Å². The number of rotatable bonds is 3. The van der Waals surface area contributed by atoms with Crippen LogP contribution in [0, 0.1) is 10.1 Å². The first kappa shape index (κ1) is 13.2. The van der Waals surface area contributed by atoms with Crippen LogP contribution in [0.15, 0.2) is 16.9 Å². The fourth-order valence-corrected chi connectivity index (χ4v) is 2.72. The monoisotopic (exact) mass is 314 g/mol. The molecule has 2 heterocycles. The molecule has 0 atom stereocenters. The van der Waals surface area contributed by atoms with Gasteiger partial charge in [-0.05, 0) is 22.5 Å². The minimum absolute atomic E-state index is 0.0642. The lowest BCUT2D eigenvalue weighted by Gasteiger charge is -2.35. The van der Waals surface area contributed by atoms with E-state index in [0.717, 1.165) is 32.7 Å². The molecule has 0 amide bonds. The standard InChI is InChI=1S/C11H15BrN4O2/c1-2-14-3-5-15(6-4-14)11-9(12)7-13-8-10(11)16(17)18/h7-8H,2-6H2,1H3. The van der Waals surface area contributed by atoms with Gasteiger partial charge in [-0.25, -0.2) is 0 Å².